The van der Waals surface area contributed by atoms with Gasteiger partial charge in [-0.3, -0.25) is 0 Å². The maximum absolute atomic E-state index is 11.9. The number of rotatable bonds is 3. The standard InChI is InChI=1S/C13H26N2O2/c1-5-6-7-11-10-15(9-8-14-11)12(16)17-13(2,3)4/h11,14H,5-10H2,1-4H3/t11-/m1/s1. The molecule has 0 aliphatic carbocycles. The molecule has 1 aliphatic heterocycles. The minimum atomic E-state index is -0.402. The number of amides is 1. The van der Waals surface area contributed by atoms with E-state index in [0.29, 0.717) is 6.04 Å². The highest BCUT2D eigenvalue weighted by molar-refractivity contribution is 5.68. The molecule has 0 aromatic rings. The van der Waals surface area contributed by atoms with E-state index in [1.165, 1.54) is 12.8 Å². The van der Waals surface area contributed by atoms with Crippen molar-refractivity contribution in [1.82, 2.24) is 10.2 Å². The highest BCUT2D eigenvalue weighted by Gasteiger charge is 2.26. The van der Waals surface area contributed by atoms with Gasteiger partial charge in [0.15, 0.2) is 0 Å². The minimum absolute atomic E-state index is 0.180. The molecule has 1 heterocycles. The minimum Gasteiger partial charge on any atom is -0.444 e. The topological polar surface area (TPSA) is 41.6 Å². The summed E-state index contributed by atoms with van der Waals surface area (Å²) < 4.78 is 5.39. The number of carbonyl (C=O) groups is 1. The molecule has 1 N–H and O–H groups in total. The van der Waals surface area contributed by atoms with E-state index >= 15 is 0 Å². The molecule has 1 atom stereocenters. The van der Waals surface area contributed by atoms with E-state index in [4.69, 9.17) is 4.74 Å². The fourth-order valence-corrected chi connectivity index (χ4v) is 1.96. The van der Waals surface area contributed by atoms with E-state index in [9.17, 15) is 4.79 Å². The van der Waals surface area contributed by atoms with E-state index in [1.54, 1.807) is 0 Å². The maximum Gasteiger partial charge on any atom is 0.410 e. The van der Waals surface area contributed by atoms with Gasteiger partial charge >= 0.3 is 6.09 Å². The average molecular weight is 242 g/mol. The Morgan fingerprint density at radius 3 is 2.76 bits per heavy atom. The molecule has 4 nitrogen and oxygen atoms in total. The van der Waals surface area contributed by atoms with Crippen LogP contribution < -0.4 is 5.32 Å². The molecule has 0 aromatic heterocycles. The molecule has 1 saturated heterocycles. The van der Waals surface area contributed by atoms with E-state index in [1.807, 2.05) is 25.7 Å². The number of unbranched alkanes of at least 4 members (excludes halogenated alkanes) is 1. The lowest BCUT2D eigenvalue weighted by atomic mass is 10.1. The third-order valence-electron chi connectivity index (χ3n) is 2.81. The van der Waals surface area contributed by atoms with Gasteiger partial charge in [-0.25, -0.2) is 4.79 Å². The lowest BCUT2D eigenvalue weighted by molar-refractivity contribution is 0.0192. The summed E-state index contributed by atoms with van der Waals surface area (Å²) in [7, 11) is 0. The van der Waals surface area contributed by atoms with Crippen LogP contribution in [0.15, 0.2) is 0 Å². The Balaban J connectivity index is 2.40. The first-order chi connectivity index (χ1) is 7.92. The van der Waals surface area contributed by atoms with Crippen molar-refractivity contribution in [1.29, 1.82) is 0 Å². The molecular formula is C13H26N2O2. The fourth-order valence-electron chi connectivity index (χ4n) is 1.96. The van der Waals surface area contributed by atoms with Gasteiger partial charge in [0, 0.05) is 25.7 Å². The molecule has 0 spiro atoms. The Labute approximate surface area is 105 Å². The molecule has 4 heteroatoms. The normalized spacial score (nSPS) is 21.4. The second-order valence-corrected chi connectivity index (χ2v) is 5.72. The Bertz CT molecular complexity index is 248. The van der Waals surface area contributed by atoms with Crippen molar-refractivity contribution in [2.75, 3.05) is 19.6 Å². The van der Waals surface area contributed by atoms with Crippen LogP contribution in [0.3, 0.4) is 0 Å². The van der Waals surface area contributed by atoms with E-state index in [0.717, 1.165) is 26.1 Å². The monoisotopic (exact) mass is 242 g/mol. The fraction of sp³-hybridized carbons (Fsp3) is 0.923. The van der Waals surface area contributed by atoms with Crippen molar-refractivity contribution in [2.45, 2.75) is 58.6 Å². The third kappa shape index (κ3) is 5.39. The summed E-state index contributed by atoms with van der Waals surface area (Å²) in [5.74, 6) is 0. The molecule has 0 unspecified atom stereocenters. The molecule has 0 aromatic carbocycles. The molecule has 1 rings (SSSR count). The quantitative estimate of drug-likeness (QED) is 0.826. The number of piperazine rings is 1. The molecule has 0 bridgehead atoms. The van der Waals surface area contributed by atoms with Crippen LogP contribution in [0.1, 0.15) is 47.0 Å². The molecule has 1 amide bonds. The summed E-state index contributed by atoms with van der Waals surface area (Å²) >= 11 is 0. The summed E-state index contributed by atoms with van der Waals surface area (Å²) in [5, 5.41) is 3.45. The van der Waals surface area contributed by atoms with Crippen molar-refractivity contribution in [2.24, 2.45) is 0 Å². The van der Waals surface area contributed by atoms with Gasteiger partial charge in [0.05, 0.1) is 0 Å². The Hall–Kier alpha value is -0.770. The molecular weight excluding hydrogens is 216 g/mol. The zero-order chi connectivity index (χ0) is 12.9. The van der Waals surface area contributed by atoms with Gasteiger partial charge in [-0.2, -0.15) is 0 Å². The van der Waals surface area contributed by atoms with Crippen LogP contribution in [0.2, 0.25) is 0 Å². The van der Waals surface area contributed by atoms with Crippen LogP contribution in [-0.4, -0.2) is 42.3 Å². The molecule has 17 heavy (non-hydrogen) atoms. The molecule has 100 valence electrons. The van der Waals surface area contributed by atoms with Crippen LogP contribution in [0.5, 0.6) is 0 Å². The molecule has 0 radical (unpaired) electrons. The van der Waals surface area contributed by atoms with Crippen LogP contribution in [-0.2, 0) is 4.74 Å². The number of hydrogen-bond acceptors (Lipinski definition) is 3. The highest BCUT2D eigenvalue weighted by atomic mass is 16.6. The third-order valence-corrected chi connectivity index (χ3v) is 2.81. The van der Waals surface area contributed by atoms with Gasteiger partial charge in [-0.15, -0.1) is 0 Å². The summed E-state index contributed by atoms with van der Waals surface area (Å²) in [6.07, 6.45) is 3.36. The van der Waals surface area contributed by atoms with Crippen molar-refractivity contribution < 1.29 is 9.53 Å². The van der Waals surface area contributed by atoms with Gasteiger partial charge in [0.1, 0.15) is 5.60 Å². The maximum atomic E-state index is 11.9. The second kappa shape index (κ2) is 6.24. The molecule has 1 aliphatic rings. The molecule has 0 saturated carbocycles. The van der Waals surface area contributed by atoms with Gasteiger partial charge in [-0.05, 0) is 27.2 Å². The van der Waals surface area contributed by atoms with Gasteiger partial charge < -0.3 is 15.0 Å². The summed E-state index contributed by atoms with van der Waals surface area (Å²) in [5.41, 5.74) is -0.402. The van der Waals surface area contributed by atoms with Crippen molar-refractivity contribution in [3.8, 4) is 0 Å². The van der Waals surface area contributed by atoms with E-state index in [-0.39, 0.29) is 6.09 Å². The van der Waals surface area contributed by atoms with Crippen LogP contribution in [0.25, 0.3) is 0 Å². The van der Waals surface area contributed by atoms with Gasteiger partial charge in [-0.1, -0.05) is 19.8 Å². The predicted octanol–water partition coefficient (Wildman–Crippen LogP) is 2.39. The number of hydrogen-bond donors (Lipinski definition) is 1. The van der Waals surface area contributed by atoms with Crippen LogP contribution in [0.4, 0.5) is 4.79 Å². The lowest BCUT2D eigenvalue weighted by Gasteiger charge is -2.34. The first kappa shape index (κ1) is 14.3. The highest BCUT2D eigenvalue weighted by Crippen LogP contribution is 2.13. The summed E-state index contributed by atoms with van der Waals surface area (Å²) in [6.45, 7) is 10.3. The van der Waals surface area contributed by atoms with Gasteiger partial charge in [0.25, 0.3) is 0 Å². The number of carbonyl (C=O) groups excluding carboxylic acids is 1. The lowest BCUT2D eigenvalue weighted by Crippen LogP contribution is -2.53. The summed E-state index contributed by atoms with van der Waals surface area (Å²) in [6, 6.07) is 0.427. The Morgan fingerprint density at radius 2 is 2.18 bits per heavy atom. The van der Waals surface area contributed by atoms with Gasteiger partial charge in [0.2, 0.25) is 0 Å². The summed E-state index contributed by atoms with van der Waals surface area (Å²) in [4.78, 5) is 13.7. The van der Waals surface area contributed by atoms with Crippen LogP contribution >= 0.6 is 0 Å². The number of ether oxygens (including phenoxy) is 1. The average Bonchev–Trinajstić information content (AvgIpc) is 2.24. The van der Waals surface area contributed by atoms with Crippen molar-refractivity contribution in [3.05, 3.63) is 0 Å². The molecule has 1 fully saturated rings. The zero-order valence-corrected chi connectivity index (χ0v) is 11.6. The Kier molecular flexibility index (Phi) is 5.25. The smallest absolute Gasteiger partial charge is 0.410 e. The first-order valence-corrected chi connectivity index (χ1v) is 6.63. The largest absolute Gasteiger partial charge is 0.444 e. The number of nitrogens with zero attached hydrogens (tertiary/aromatic N) is 1. The number of nitrogens with one attached hydrogen (secondary N) is 1. The SMILES string of the molecule is CCCC[C@@H]1CN(C(=O)OC(C)(C)C)CCN1. The predicted molar refractivity (Wildman–Crippen MR) is 69.1 cm³/mol. The van der Waals surface area contributed by atoms with Crippen molar-refractivity contribution in [3.63, 3.8) is 0 Å². The van der Waals surface area contributed by atoms with E-state index < -0.39 is 5.60 Å². The zero-order valence-electron chi connectivity index (χ0n) is 11.6. The van der Waals surface area contributed by atoms with Crippen molar-refractivity contribution >= 4 is 6.09 Å². The van der Waals surface area contributed by atoms with E-state index in [2.05, 4.69) is 12.2 Å². The first-order valence-electron chi connectivity index (χ1n) is 6.63. The second-order valence-electron chi connectivity index (χ2n) is 5.72. The Morgan fingerprint density at radius 1 is 1.47 bits per heavy atom. The van der Waals surface area contributed by atoms with Crippen LogP contribution in [0, 0.1) is 0 Å².